The van der Waals surface area contributed by atoms with Gasteiger partial charge >= 0.3 is 6.03 Å². The van der Waals surface area contributed by atoms with E-state index in [1.54, 1.807) is 0 Å². The summed E-state index contributed by atoms with van der Waals surface area (Å²) >= 11 is 0. The zero-order valence-corrected chi connectivity index (χ0v) is 15.2. The minimum atomic E-state index is -0.0570. The second-order valence-corrected chi connectivity index (χ2v) is 6.55. The number of ether oxygens (including phenoxy) is 1. The van der Waals surface area contributed by atoms with Gasteiger partial charge in [0, 0.05) is 17.9 Å². The van der Waals surface area contributed by atoms with Crippen molar-refractivity contribution in [2.45, 2.75) is 39.8 Å². The molecular formula is C19H26N4O2. The summed E-state index contributed by atoms with van der Waals surface area (Å²) in [6.07, 6.45) is 0.894. The number of hydrogen-bond donors (Lipinski definition) is 1. The largest absolute Gasteiger partial charge is 0.377 e. The molecule has 1 atom stereocenters. The summed E-state index contributed by atoms with van der Waals surface area (Å²) in [5, 5.41) is 7.52. The lowest BCUT2D eigenvalue weighted by Crippen LogP contribution is -2.50. The summed E-state index contributed by atoms with van der Waals surface area (Å²) in [6, 6.07) is 10.1. The SMILES string of the molecule is CCC1COCCN1C(=O)Nc1cccc(Cn2nc(C)cc2C)c1. The van der Waals surface area contributed by atoms with E-state index in [0.717, 1.165) is 29.1 Å². The summed E-state index contributed by atoms with van der Waals surface area (Å²) in [7, 11) is 0. The molecule has 1 aliphatic rings. The highest BCUT2D eigenvalue weighted by molar-refractivity contribution is 5.89. The number of rotatable bonds is 4. The molecule has 6 nitrogen and oxygen atoms in total. The molecule has 0 aliphatic carbocycles. The predicted octanol–water partition coefficient (Wildman–Crippen LogP) is 3.19. The first-order chi connectivity index (χ1) is 12.1. The van der Waals surface area contributed by atoms with Crippen molar-refractivity contribution in [3.05, 3.63) is 47.3 Å². The van der Waals surface area contributed by atoms with Gasteiger partial charge in [0.1, 0.15) is 0 Å². The van der Waals surface area contributed by atoms with E-state index < -0.39 is 0 Å². The summed E-state index contributed by atoms with van der Waals surface area (Å²) in [5.41, 5.74) is 4.06. The molecular weight excluding hydrogens is 316 g/mol. The minimum Gasteiger partial charge on any atom is -0.377 e. The molecule has 1 aromatic heterocycles. The van der Waals surface area contributed by atoms with Crippen molar-refractivity contribution in [2.24, 2.45) is 0 Å². The van der Waals surface area contributed by atoms with Gasteiger partial charge in [-0.15, -0.1) is 0 Å². The molecule has 134 valence electrons. The average Bonchev–Trinajstić information content (AvgIpc) is 2.92. The maximum atomic E-state index is 12.6. The van der Waals surface area contributed by atoms with Crippen LogP contribution in [-0.2, 0) is 11.3 Å². The maximum absolute atomic E-state index is 12.6. The molecule has 6 heteroatoms. The van der Waals surface area contributed by atoms with Crippen LogP contribution in [-0.4, -0.2) is 46.5 Å². The van der Waals surface area contributed by atoms with Crippen LogP contribution in [0.3, 0.4) is 0 Å². The van der Waals surface area contributed by atoms with Gasteiger partial charge < -0.3 is 15.0 Å². The Morgan fingerprint density at radius 3 is 2.92 bits per heavy atom. The number of urea groups is 1. The van der Waals surface area contributed by atoms with E-state index in [4.69, 9.17) is 4.74 Å². The minimum absolute atomic E-state index is 0.0570. The third-order valence-electron chi connectivity index (χ3n) is 4.57. The fourth-order valence-corrected chi connectivity index (χ4v) is 3.21. The van der Waals surface area contributed by atoms with Crippen molar-refractivity contribution in [1.82, 2.24) is 14.7 Å². The van der Waals surface area contributed by atoms with Crippen molar-refractivity contribution in [1.29, 1.82) is 0 Å². The summed E-state index contributed by atoms with van der Waals surface area (Å²) in [5.74, 6) is 0. The van der Waals surface area contributed by atoms with Crippen molar-refractivity contribution >= 4 is 11.7 Å². The highest BCUT2D eigenvalue weighted by Gasteiger charge is 2.25. The second kappa shape index (κ2) is 7.70. The molecule has 0 spiro atoms. The van der Waals surface area contributed by atoms with Crippen LogP contribution in [0.5, 0.6) is 0 Å². The number of carbonyl (C=O) groups is 1. The van der Waals surface area contributed by atoms with Crippen molar-refractivity contribution in [3.8, 4) is 0 Å². The van der Waals surface area contributed by atoms with Gasteiger partial charge in [0.05, 0.1) is 31.5 Å². The molecule has 1 aromatic carbocycles. The first-order valence-corrected chi connectivity index (χ1v) is 8.82. The zero-order chi connectivity index (χ0) is 17.8. The standard InChI is InChI=1S/C19H26N4O2/c1-4-18-13-25-9-8-22(18)19(24)20-17-7-5-6-16(11-17)12-23-15(3)10-14(2)21-23/h5-7,10-11,18H,4,8-9,12-13H2,1-3H3,(H,20,24). The van der Waals surface area contributed by atoms with E-state index >= 15 is 0 Å². The van der Waals surface area contributed by atoms with E-state index in [1.165, 1.54) is 0 Å². The number of hydrogen-bond acceptors (Lipinski definition) is 3. The monoisotopic (exact) mass is 342 g/mol. The lowest BCUT2D eigenvalue weighted by atomic mass is 10.2. The van der Waals surface area contributed by atoms with Gasteiger partial charge in [-0.1, -0.05) is 19.1 Å². The Labute approximate surface area is 148 Å². The summed E-state index contributed by atoms with van der Waals surface area (Å²) in [6.45, 7) is 8.66. The topological polar surface area (TPSA) is 59.4 Å². The van der Waals surface area contributed by atoms with Gasteiger partial charge in [0.25, 0.3) is 0 Å². The Morgan fingerprint density at radius 2 is 2.20 bits per heavy atom. The molecule has 1 saturated heterocycles. The summed E-state index contributed by atoms with van der Waals surface area (Å²) in [4.78, 5) is 14.5. The van der Waals surface area contributed by atoms with Gasteiger partial charge in [-0.2, -0.15) is 5.10 Å². The Bertz CT molecular complexity index is 741. The molecule has 2 amide bonds. The van der Waals surface area contributed by atoms with Crippen LogP contribution in [0.1, 0.15) is 30.3 Å². The van der Waals surface area contributed by atoms with E-state index in [1.807, 2.05) is 34.7 Å². The number of amides is 2. The molecule has 1 unspecified atom stereocenters. The number of benzene rings is 1. The zero-order valence-electron chi connectivity index (χ0n) is 15.2. The number of morpholine rings is 1. The average molecular weight is 342 g/mol. The van der Waals surface area contributed by atoms with Crippen LogP contribution in [0, 0.1) is 13.8 Å². The van der Waals surface area contributed by atoms with Crippen LogP contribution >= 0.6 is 0 Å². The number of carbonyl (C=O) groups excluding carboxylic acids is 1. The molecule has 1 fully saturated rings. The fourth-order valence-electron chi connectivity index (χ4n) is 3.21. The van der Waals surface area contributed by atoms with Gasteiger partial charge in [-0.05, 0) is 44.0 Å². The van der Waals surface area contributed by atoms with Crippen LogP contribution in [0.4, 0.5) is 10.5 Å². The molecule has 1 N–H and O–H groups in total. The van der Waals surface area contributed by atoms with Gasteiger partial charge in [-0.3, -0.25) is 4.68 Å². The highest BCUT2D eigenvalue weighted by Crippen LogP contribution is 2.16. The van der Waals surface area contributed by atoms with Gasteiger partial charge in [-0.25, -0.2) is 4.79 Å². The Morgan fingerprint density at radius 1 is 1.36 bits per heavy atom. The number of aromatic nitrogens is 2. The first-order valence-electron chi connectivity index (χ1n) is 8.82. The molecule has 2 aromatic rings. The van der Waals surface area contributed by atoms with Crippen molar-refractivity contribution in [3.63, 3.8) is 0 Å². The fraction of sp³-hybridized carbons (Fsp3) is 0.474. The lowest BCUT2D eigenvalue weighted by Gasteiger charge is -2.35. The van der Waals surface area contributed by atoms with Crippen molar-refractivity contribution < 1.29 is 9.53 Å². The lowest BCUT2D eigenvalue weighted by molar-refractivity contribution is 0.0144. The summed E-state index contributed by atoms with van der Waals surface area (Å²) < 4.78 is 7.45. The Kier molecular flexibility index (Phi) is 5.38. The normalized spacial score (nSPS) is 17.6. The molecule has 0 saturated carbocycles. The van der Waals surface area contributed by atoms with E-state index in [-0.39, 0.29) is 12.1 Å². The van der Waals surface area contributed by atoms with E-state index in [2.05, 4.69) is 36.4 Å². The van der Waals surface area contributed by atoms with Gasteiger partial charge in [0.2, 0.25) is 0 Å². The van der Waals surface area contributed by atoms with Gasteiger partial charge in [0.15, 0.2) is 0 Å². The Hall–Kier alpha value is -2.34. The van der Waals surface area contributed by atoms with Crippen LogP contribution in [0.15, 0.2) is 30.3 Å². The van der Waals surface area contributed by atoms with Crippen LogP contribution in [0.25, 0.3) is 0 Å². The molecule has 3 rings (SSSR count). The number of aryl methyl sites for hydroxylation is 2. The van der Waals surface area contributed by atoms with Crippen LogP contribution in [0.2, 0.25) is 0 Å². The Balaban J connectivity index is 1.69. The molecule has 0 bridgehead atoms. The highest BCUT2D eigenvalue weighted by atomic mass is 16.5. The quantitative estimate of drug-likeness (QED) is 0.928. The number of anilines is 1. The smallest absolute Gasteiger partial charge is 0.322 e. The molecule has 0 radical (unpaired) electrons. The third kappa shape index (κ3) is 4.20. The number of nitrogens with zero attached hydrogens (tertiary/aromatic N) is 3. The molecule has 25 heavy (non-hydrogen) atoms. The number of nitrogens with one attached hydrogen (secondary N) is 1. The first kappa shape index (κ1) is 17.5. The maximum Gasteiger partial charge on any atom is 0.322 e. The van der Waals surface area contributed by atoms with Crippen molar-refractivity contribution in [2.75, 3.05) is 25.1 Å². The van der Waals surface area contributed by atoms with Crippen LogP contribution < -0.4 is 5.32 Å². The van der Waals surface area contributed by atoms with E-state index in [9.17, 15) is 4.79 Å². The van der Waals surface area contributed by atoms with E-state index in [0.29, 0.717) is 26.3 Å². The molecule has 1 aliphatic heterocycles. The third-order valence-corrected chi connectivity index (χ3v) is 4.57. The molecule has 2 heterocycles. The predicted molar refractivity (Wildman–Crippen MR) is 97.9 cm³/mol. The second-order valence-electron chi connectivity index (χ2n) is 6.55.